The summed E-state index contributed by atoms with van der Waals surface area (Å²) in [4.78, 5) is 11.6. The van der Waals surface area contributed by atoms with Crippen LogP contribution in [0.5, 0.6) is 11.5 Å². The number of hydrazone groups is 1. The molecule has 0 fully saturated rings. The van der Waals surface area contributed by atoms with Crippen molar-refractivity contribution in [1.82, 2.24) is 5.43 Å². The van der Waals surface area contributed by atoms with Crippen molar-refractivity contribution in [1.29, 1.82) is 0 Å². The van der Waals surface area contributed by atoms with Gasteiger partial charge >= 0.3 is 0 Å². The van der Waals surface area contributed by atoms with Gasteiger partial charge in [-0.3, -0.25) is 4.79 Å². The third-order valence-corrected chi connectivity index (χ3v) is 3.13. The zero-order chi connectivity index (χ0) is 15.9. The standard InChI is InChI=1S/C15H12Cl2N2O3/c16-11-5-6-13(20)10(7-11)8-18-19-15(21)9-22-14-4-2-1-3-12(14)17/h1-8,20H,9H2,(H,19,21)/b18-8+. The van der Waals surface area contributed by atoms with Gasteiger partial charge in [0.25, 0.3) is 5.91 Å². The summed E-state index contributed by atoms with van der Waals surface area (Å²) in [5.74, 6) is -0.0387. The van der Waals surface area contributed by atoms with Gasteiger partial charge in [-0.1, -0.05) is 35.3 Å². The molecule has 0 aliphatic carbocycles. The van der Waals surface area contributed by atoms with Crippen LogP contribution < -0.4 is 10.2 Å². The minimum absolute atomic E-state index is 0.00900. The molecule has 2 N–H and O–H groups in total. The first kappa shape index (κ1) is 16.1. The molecule has 0 saturated carbocycles. The molecule has 22 heavy (non-hydrogen) atoms. The summed E-state index contributed by atoms with van der Waals surface area (Å²) in [5, 5.41) is 14.2. The Morgan fingerprint density at radius 2 is 2.05 bits per heavy atom. The molecule has 2 rings (SSSR count). The number of para-hydroxylation sites is 1. The van der Waals surface area contributed by atoms with Crippen LogP contribution in [-0.4, -0.2) is 23.8 Å². The van der Waals surface area contributed by atoms with Crippen LogP contribution in [-0.2, 0) is 4.79 Å². The molecule has 0 aromatic heterocycles. The molecule has 0 saturated heterocycles. The molecule has 0 spiro atoms. The molecule has 0 unspecified atom stereocenters. The van der Waals surface area contributed by atoms with Gasteiger partial charge in [0.1, 0.15) is 11.5 Å². The monoisotopic (exact) mass is 338 g/mol. The zero-order valence-corrected chi connectivity index (χ0v) is 12.8. The summed E-state index contributed by atoms with van der Waals surface area (Å²) in [5.41, 5.74) is 2.66. The largest absolute Gasteiger partial charge is 0.507 e. The number of nitrogens with zero attached hydrogens (tertiary/aromatic N) is 1. The maximum atomic E-state index is 11.6. The van der Waals surface area contributed by atoms with Crippen LogP contribution in [0.15, 0.2) is 47.6 Å². The van der Waals surface area contributed by atoms with Gasteiger partial charge < -0.3 is 9.84 Å². The Kier molecular flexibility index (Phi) is 5.63. The molecule has 0 radical (unpaired) electrons. The molecule has 7 heteroatoms. The first-order chi connectivity index (χ1) is 10.6. The lowest BCUT2D eigenvalue weighted by molar-refractivity contribution is -0.123. The fourth-order valence-electron chi connectivity index (χ4n) is 1.54. The number of hydrogen-bond donors (Lipinski definition) is 2. The molecule has 0 bridgehead atoms. The third kappa shape index (κ3) is 4.65. The van der Waals surface area contributed by atoms with Gasteiger partial charge in [0.2, 0.25) is 0 Å². The highest BCUT2D eigenvalue weighted by atomic mass is 35.5. The fourth-order valence-corrected chi connectivity index (χ4v) is 1.91. The van der Waals surface area contributed by atoms with Crippen molar-refractivity contribution in [3.63, 3.8) is 0 Å². The number of carbonyl (C=O) groups is 1. The van der Waals surface area contributed by atoms with E-state index in [0.29, 0.717) is 21.4 Å². The molecular weight excluding hydrogens is 327 g/mol. The molecule has 0 aliphatic rings. The van der Waals surface area contributed by atoms with Crippen molar-refractivity contribution >= 4 is 35.3 Å². The molecule has 0 heterocycles. The van der Waals surface area contributed by atoms with Gasteiger partial charge in [0.05, 0.1) is 11.2 Å². The van der Waals surface area contributed by atoms with Gasteiger partial charge in [-0.15, -0.1) is 0 Å². The highest BCUT2D eigenvalue weighted by molar-refractivity contribution is 6.32. The Morgan fingerprint density at radius 1 is 1.27 bits per heavy atom. The van der Waals surface area contributed by atoms with Gasteiger partial charge in [-0.05, 0) is 30.3 Å². The number of amides is 1. The third-order valence-electron chi connectivity index (χ3n) is 2.58. The summed E-state index contributed by atoms with van der Waals surface area (Å²) in [6, 6.07) is 11.3. The van der Waals surface area contributed by atoms with E-state index in [9.17, 15) is 9.90 Å². The average molecular weight is 339 g/mol. The molecule has 2 aromatic carbocycles. The number of aromatic hydroxyl groups is 1. The summed E-state index contributed by atoms with van der Waals surface area (Å²) >= 11 is 11.7. The summed E-state index contributed by atoms with van der Waals surface area (Å²) in [6.07, 6.45) is 1.29. The molecule has 1 amide bonds. The van der Waals surface area contributed by atoms with Crippen LogP contribution in [0.25, 0.3) is 0 Å². The SMILES string of the molecule is O=C(COc1ccccc1Cl)N/N=C/c1cc(Cl)ccc1O. The highest BCUT2D eigenvalue weighted by Gasteiger charge is 2.04. The maximum Gasteiger partial charge on any atom is 0.277 e. The lowest BCUT2D eigenvalue weighted by atomic mass is 10.2. The van der Waals surface area contributed by atoms with Gasteiger partial charge in [0.15, 0.2) is 6.61 Å². The number of ether oxygens (including phenoxy) is 1. The van der Waals surface area contributed by atoms with E-state index in [1.54, 1.807) is 30.3 Å². The Morgan fingerprint density at radius 3 is 2.82 bits per heavy atom. The van der Waals surface area contributed by atoms with Crippen LogP contribution in [0.4, 0.5) is 0 Å². The molecule has 2 aromatic rings. The van der Waals surface area contributed by atoms with Crippen molar-refractivity contribution in [2.24, 2.45) is 5.10 Å². The number of carbonyl (C=O) groups excluding carboxylic acids is 1. The van der Waals surface area contributed by atoms with E-state index in [1.807, 2.05) is 0 Å². The quantitative estimate of drug-likeness (QED) is 0.649. The lowest BCUT2D eigenvalue weighted by Gasteiger charge is -2.06. The van der Waals surface area contributed by atoms with E-state index in [4.69, 9.17) is 27.9 Å². The van der Waals surface area contributed by atoms with E-state index in [2.05, 4.69) is 10.5 Å². The van der Waals surface area contributed by atoms with Gasteiger partial charge in [-0.25, -0.2) is 5.43 Å². The summed E-state index contributed by atoms with van der Waals surface area (Å²) in [7, 11) is 0. The van der Waals surface area contributed by atoms with E-state index >= 15 is 0 Å². The fraction of sp³-hybridized carbons (Fsp3) is 0.0667. The molecule has 5 nitrogen and oxygen atoms in total. The Bertz CT molecular complexity index is 705. The number of phenols is 1. The van der Waals surface area contributed by atoms with E-state index in [1.165, 1.54) is 18.3 Å². The summed E-state index contributed by atoms with van der Waals surface area (Å²) in [6.45, 7) is -0.234. The van der Waals surface area contributed by atoms with Crippen LogP contribution >= 0.6 is 23.2 Å². The number of rotatable bonds is 5. The Balaban J connectivity index is 1.86. The van der Waals surface area contributed by atoms with Crippen LogP contribution in [0.2, 0.25) is 10.0 Å². The second kappa shape index (κ2) is 7.68. The second-order valence-electron chi connectivity index (χ2n) is 4.22. The lowest BCUT2D eigenvalue weighted by Crippen LogP contribution is -2.24. The summed E-state index contributed by atoms with van der Waals surface area (Å²) < 4.78 is 5.26. The average Bonchev–Trinajstić information content (AvgIpc) is 2.50. The zero-order valence-electron chi connectivity index (χ0n) is 11.3. The number of hydrogen-bond acceptors (Lipinski definition) is 4. The van der Waals surface area contributed by atoms with E-state index in [-0.39, 0.29) is 12.4 Å². The maximum absolute atomic E-state index is 11.6. The van der Waals surface area contributed by atoms with E-state index in [0.717, 1.165) is 0 Å². The van der Waals surface area contributed by atoms with Crippen molar-refractivity contribution in [2.45, 2.75) is 0 Å². The Labute approximate surface area is 137 Å². The second-order valence-corrected chi connectivity index (χ2v) is 5.06. The highest BCUT2D eigenvalue weighted by Crippen LogP contribution is 2.22. The predicted octanol–water partition coefficient (Wildman–Crippen LogP) is 3.23. The smallest absolute Gasteiger partial charge is 0.277 e. The van der Waals surface area contributed by atoms with Crippen LogP contribution in [0.3, 0.4) is 0 Å². The number of benzene rings is 2. The molecule has 114 valence electrons. The molecule has 0 atom stereocenters. The van der Waals surface area contributed by atoms with Crippen LogP contribution in [0.1, 0.15) is 5.56 Å². The Hall–Kier alpha value is -2.24. The van der Waals surface area contributed by atoms with Crippen molar-refractivity contribution in [3.8, 4) is 11.5 Å². The van der Waals surface area contributed by atoms with Gasteiger partial charge in [-0.2, -0.15) is 5.10 Å². The topological polar surface area (TPSA) is 70.9 Å². The number of nitrogens with one attached hydrogen (secondary N) is 1. The van der Waals surface area contributed by atoms with Crippen molar-refractivity contribution in [3.05, 3.63) is 58.1 Å². The molecular formula is C15H12Cl2N2O3. The minimum Gasteiger partial charge on any atom is -0.507 e. The number of phenolic OH excluding ortho intramolecular Hbond substituents is 1. The number of halogens is 2. The van der Waals surface area contributed by atoms with Crippen molar-refractivity contribution in [2.75, 3.05) is 6.61 Å². The van der Waals surface area contributed by atoms with Crippen LogP contribution in [0, 0.1) is 0 Å². The minimum atomic E-state index is -0.460. The van der Waals surface area contributed by atoms with E-state index < -0.39 is 5.91 Å². The normalized spacial score (nSPS) is 10.6. The predicted molar refractivity (Wildman–Crippen MR) is 85.8 cm³/mol. The van der Waals surface area contributed by atoms with Gasteiger partial charge in [0, 0.05) is 10.6 Å². The first-order valence-electron chi connectivity index (χ1n) is 6.24. The molecule has 0 aliphatic heterocycles. The first-order valence-corrected chi connectivity index (χ1v) is 6.99. The van der Waals surface area contributed by atoms with Crippen molar-refractivity contribution < 1.29 is 14.6 Å².